The minimum atomic E-state index is -4.87. The Morgan fingerprint density at radius 2 is 1.77 bits per heavy atom. The maximum Gasteiger partial charge on any atom is 0.415 e. The largest absolute Gasteiger partial charge is 0.415 e. The average Bonchev–Trinajstić information content (AvgIpc) is 2.71. The maximum atomic E-state index is 13.2. The molecule has 13 heteroatoms. The van der Waals surface area contributed by atoms with Crippen molar-refractivity contribution < 1.29 is 22.8 Å². The van der Waals surface area contributed by atoms with E-state index in [0.717, 1.165) is 0 Å². The molecule has 2 rings (SSSR count). The standard InChI is InChI=1S/C22H21Cl3F3N5O2/c1-11(22(26,27)28)8-16(33(29)18-14(24)6-5-7-30-18)20(35)31-17-13(9-12(23)10-15(17)25)19(34)32-21(2,3)4/h5-10H,1,29H2,2-4H3,(H,31,35)(H,32,34)/b16-8-. The first-order valence-corrected chi connectivity index (χ1v) is 10.9. The van der Waals surface area contributed by atoms with Crippen LogP contribution in [0.2, 0.25) is 15.1 Å². The Balaban J connectivity index is 2.58. The molecule has 1 aromatic carbocycles. The summed E-state index contributed by atoms with van der Waals surface area (Å²) in [6.07, 6.45) is -3.17. The molecule has 0 radical (unpaired) electrons. The van der Waals surface area contributed by atoms with Gasteiger partial charge in [-0.3, -0.25) is 14.6 Å². The van der Waals surface area contributed by atoms with Gasteiger partial charge in [-0.15, -0.1) is 0 Å². The van der Waals surface area contributed by atoms with Crippen LogP contribution in [0.5, 0.6) is 0 Å². The summed E-state index contributed by atoms with van der Waals surface area (Å²) in [5.41, 5.74) is -3.10. The van der Waals surface area contributed by atoms with Crippen molar-refractivity contribution in [3.8, 4) is 0 Å². The molecular weight excluding hydrogens is 530 g/mol. The Morgan fingerprint density at radius 3 is 2.31 bits per heavy atom. The predicted molar refractivity (Wildman–Crippen MR) is 132 cm³/mol. The van der Waals surface area contributed by atoms with Crippen molar-refractivity contribution in [2.75, 3.05) is 10.3 Å². The van der Waals surface area contributed by atoms with Gasteiger partial charge in [0.2, 0.25) is 0 Å². The lowest BCUT2D eigenvalue weighted by atomic mass is 10.1. The molecule has 7 nitrogen and oxygen atoms in total. The van der Waals surface area contributed by atoms with Gasteiger partial charge in [-0.05, 0) is 51.1 Å². The molecule has 0 saturated heterocycles. The first-order valence-electron chi connectivity index (χ1n) is 9.77. The number of nitrogens with two attached hydrogens (primary N) is 1. The third kappa shape index (κ3) is 7.60. The molecule has 1 aromatic heterocycles. The van der Waals surface area contributed by atoms with Crippen molar-refractivity contribution in [2.24, 2.45) is 5.84 Å². The normalized spacial score (nSPS) is 12.2. The van der Waals surface area contributed by atoms with E-state index in [2.05, 4.69) is 22.2 Å². The van der Waals surface area contributed by atoms with Crippen LogP contribution in [0.25, 0.3) is 0 Å². The smallest absolute Gasteiger partial charge is 0.347 e. The summed E-state index contributed by atoms with van der Waals surface area (Å²) in [6.45, 7) is 8.12. The molecule has 35 heavy (non-hydrogen) atoms. The number of benzene rings is 1. The Kier molecular flexibility index (Phi) is 8.83. The Hall–Kier alpha value is -2.79. The number of hydrogen-bond donors (Lipinski definition) is 3. The van der Waals surface area contributed by atoms with Gasteiger partial charge >= 0.3 is 6.18 Å². The molecule has 2 aromatic rings. The lowest BCUT2D eigenvalue weighted by Gasteiger charge is -2.24. The number of rotatable bonds is 6. The lowest BCUT2D eigenvalue weighted by molar-refractivity contribution is -0.113. The number of hydrogen-bond acceptors (Lipinski definition) is 5. The predicted octanol–water partition coefficient (Wildman–Crippen LogP) is 5.89. The second kappa shape index (κ2) is 10.9. The molecular formula is C22H21Cl3F3N5O2. The van der Waals surface area contributed by atoms with Crippen molar-refractivity contribution in [1.29, 1.82) is 0 Å². The zero-order valence-electron chi connectivity index (χ0n) is 18.7. The SMILES string of the molecule is C=C(/C=C(/C(=O)Nc1c(Cl)cc(Cl)cc1C(=O)NC(C)(C)C)N(N)c1ncccc1Cl)C(F)(F)F. The van der Waals surface area contributed by atoms with Gasteiger partial charge in [-0.25, -0.2) is 10.8 Å². The molecule has 2 amide bonds. The van der Waals surface area contributed by atoms with Crippen LogP contribution in [0.3, 0.4) is 0 Å². The second-order valence-electron chi connectivity index (χ2n) is 8.20. The van der Waals surface area contributed by atoms with Gasteiger partial charge in [0.25, 0.3) is 11.8 Å². The molecule has 188 valence electrons. The minimum absolute atomic E-state index is 0.0407. The summed E-state index contributed by atoms with van der Waals surface area (Å²) in [5.74, 6) is 3.94. The summed E-state index contributed by atoms with van der Waals surface area (Å²) >= 11 is 18.3. The molecule has 0 atom stereocenters. The number of nitrogens with one attached hydrogen (secondary N) is 2. The lowest BCUT2D eigenvalue weighted by Crippen LogP contribution is -2.41. The van der Waals surface area contributed by atoms with E-state index in [1.807, 2.05) is 0 Å². The van der Waals surface area contributed by atoms with Crippen molar-refractivity contribution in [1.82, 2.24) is 10.3 Å². The van der Waals surface area contributed by atoms with Gasteiger partial charge in [0.15, 0.2) is 5.82 Å². The van der Waals surface area contributed by atoms with Crippen molar-refractivity contribution in [2.45, 2.75) is 32.5 Å². The van der Waals surface area contributed by atoms with E-state index in [1.54, 1.807) is 20.8 Å². The Labute approximate surface area is 214 Å². The van der Waals surface area contributed by atoms with Crippen molar-refractivity contribution >= 4 is 58.1 Å². The van der Waals surface area contributed by atoms with E-state index < -0.39 is 34.8 Å². The summed E-state index contributed by atoms with van der Waals surface area (Å²) < 4.78 is 39.6. The molecule has 0 spiro atoms. The highest BCUT2D eigenvalue weighted by Gasteiger charge is 2.33. The number of aromatic nitrogens is 1. The monoisotopic (exact) mass is 549 g/mol. The van der Waals surface area contributed by atoms with E-state index in [9.17, 15) is 22.8 Å². The van der Waals surface area contributed by atoms with E-state index in [1.165, 1.54) is 30.5 Å². The first-order chi connectivity index (χ1) is 16.0. The van der Waals surface area contributed by atoms with E-state index >= 15 is 0 Å². The first kappa shape index (κ1) is 28.4. The third-order valence-electron chi connectivity index (χ3n) is 4.16. The molecule has 0 unspecified atom stereocenters. The fourth-order valence-electron chi connectivity index (χ4n) is 2.63. The van der Waals surface area contributed by atoms with E-state index in [0.29, 0.717) is 11.1 Å². The van der Waals surface area contributed by atoms with Crippen molar-refractivity contribution in [3.05, 3.63) is 75.0 Å². The molecule has 4 N–H and O–H groups in total. The zero-order valence-corrected chi connectivity index (χ0v) is 21.0. The highest BCUT2D eigenvalue weighted by atomic mass is 35.5. The summed E-state index contributed by atoms with van der Waals surface area (Å²) in [4.78, 5) is 29.9. The number of carbonyl (C=O) groups is 2. The quantitative estimate of drug-likeness (QED) is 0.180. The topological polar surface area (TPSA) is 100 Å². The van der Waals surface area contributed by atoms with Crippen LogP contribution >= 0.6 is 34.8 Å². The number of pyridine rings is 1. The van der Waals surface area contributed by atoms with Gasteiger partial charge in [0, 0.05) is 16.8 Å². The number of halogens is 6. The number of hydrazine groups is 1. The van der Waals surface area contributed by atoms with E-state index in [-0.39, 0.29) is 32.1 Å². The Bertz CT molecular complexity index is 1190. The Morgan fingerprint density at radius 1 is 1.14 bits per heavy atom. The highest BCUT2D eigenvalue weighted by molar-refractivity contribution is 6.38. The second-order valence-corrected chi connectivity index (χ2v) is 9.45. The summed E-state index contributed by atoms with van der Waals surface area (Å²) in [5, 5.41) is 5.51. The van der Waals surface area contributed by atoms with Crippen LogP contribution in [0.15, 0.2) is 54.4 Å². The van der Waals surface area contributed by atoms with Crippen LogP contribution < -0.4 is 21.5 Å². The maximum absolute atomic E-state index is 13.2. The number of nitrogens with zero attached hydrogens (tertiary/aromatic N) is 2. The zero-order chi connectivity index (χ0) is 26.7. The number of amides is 2. The summed E-state index contributed by atoms with van der Waals surface area (Å²) in [6, 6.07) is 5.34. The fourth-order valence-corrected chi connectivity index (χ4v) is 3.38. The third-order valence-corrected chi connectivity index (χ3v) is 4.97. The molecule has 0 aliphatic rings. The van der Waals surface area contributed by atoms with Gasteiger partial charge in [-0.1, -0.05) is 41.4 Å². The number of anilines is 2. The van der Waals surface area contributed by atoms with Crippen LogP contribution in [0, 0.1) is 0 Å². The van der Waals surface area contributed by atoms with Crippen LogP contribution in [-0.2, 0) is 4.79 Å². The minimum Gasteiger partial charge on any atom is -0.347 e. The van der Waals surface area contributed by atoms with Gasteiger partial charge < -0.3 is 10.6 Å². The fraction of sp³-hybridized carbons (Fsp3) is 0.227. The number of alkyl halides is 3. The molecule has 0 bridgehead atoms. The van der Waals surface area contributed by atoms with Crippen molar-refractivity contribution in [3.63, 3.8) is 0 Å². The number of allylic oxidation sites excluding steroid dienone is 2. The number of carbonyl (C=O) groups excluding carboxylic acids is 2. The summed E-state index contributed by atoms with van der Waals surface area (Å²) in [7, 11) is 0. The van der Waals surface area contributed by atoms with E-state index in [4.69, 9.17) is 40.6 Å². The van der Waals surface area contributed by atoms with Gasteiger partial charge in [-0.2, -0.15) is 13.2 Å². The molecule has 0 fully saturated rings. The van der Waals surface area contributed by atoms with Gasteiger partial charge in [0.1, 0.15) is 5.70 Å². The molecule has 0 saturated carbocycles. The van der Waals surface area contributed by atoms with Crippen LogP contribution in [0.4, 0.5) is 24.7 Å². The van der Waals surface area contributed by atoms with Crippen LogP contribution in [-0.4, -0.2) is 28.5 Å². The van der Waals surface area contributed by atoms with Crippen LogP contribution in [0.1, 0.15) is 31.1 Å². The van der Waals surface area contributed by atoms with Gasteiger partial charge in [0.05, 0.1) is 26.9 Å². The molecule has 0 aliphatic carbocycles. The highest BCUT2D eigenvalue weighted by Crippen LogP contribution is 2.33. The average molecular weight is 551 g/mol. The molecule has 0 aliphatic heterocycles. The molecule has 1 heterocycles.